The number of carbonyl (C=O) groups is 2. The van der Waals surface area contributed by atoms with Crippen molar-refractivity contribution < 1.29 is 9.59 Å². The van der Waals surface area contributed by atoms with Gasteiger partial charge in [-0.2, -0.15) is 10.2 Å². The van der Waals surface area contributed by atoms with E-state index in [4.69, 9.17) is 23.2 Å². The normalized spacial score (nSPS) is 10.9. The fourth-order valence-electron chi connectivity index (χ4n) is 3.02. The van der Waals surface area contributed by atoms with Crippen LogP contribution in [-0.2, 0) is 9.59 Å². The van der Waals surface area contributed by atoms with Crippen molar-refractivity contribution in [2.45, 2.75) is 0 Å². The van der Waals surface area contributed by atoms with Crippen molar-refractivity contribution in [1.82, 2.24) is 15.2 Å². The minimum Gasteiger partial charge on any atom is -0.316 e. The number of aromatic nitrogens is 2. The Hall–Kier alpha value is -3.46. The fraction of sp³-hybridized carbons (Fsp3) is 0. The molecule has 0 fully saturated rings. The second kappa shape index (κ2) is 10.6. The summed E-state index contributed by atoms with van der Waals surface area (Å²) in [6.45, 7) is 0. The quantitative estimate of drug-likeness (QED) is 0.188. The molecule has 34 heavy (non-hydrogen) atoms. The molecule has 2 N–H and O–H groups in total. The third-order valence-corrected chi connectivity index (χ3v) is 6.00. The number of nitrogens with one attached hydrogen (secondary N) is 2. The van der Waals surface area contributed by atoms with Gasteiger partial charge in [0, 0.05) is 21.8 Å². The Kier molecular flexibility index (Phi) is 7.42. The van der Waals surface area contributed by atoms with Crippen molar-refractivity contribution >= 4 is 62.8 Å². The van der Waals surface area contributed by atoms with E-state index in [9.17, 15) is 9.59 Å². The minimum absolute atomic E-state index is 0.140. The Morgan fingerprint density at radius 3 is 2.41 bits per heavy atom. The molecule has 0 radical (unpaired) electrons. The Morgan fingerprint density at radius 2 is 1.68 bits per heavy atom. The van der Waals surface area contributed by atoms with E-state index in [1.165, 1.54) is 12.3 Å². The highest BCUT2D eigenvalue weighted by Gasteiger charge is 2.16. The topological polar surface area (TPSA) is 88.4 Å². The third kappa shape index (κ3) is 5.53. The van der Waals surface area contributed by atoms with Gasteiger partial charge in [0.15, 0.2) is 0 Å². The summed E-state index contributed by atoms with van der Waals surface area (Å²) in [5, 5.41) is 11.4. The van der Waals surface area contributed by atoms with Crippen LogP contribution in [0.25, 0.3) is 16.9 Å². The summed E-state index contributed by atoms with van der Waals surface area (Å²) in [6.07, 6.45) is 3.22. The number of halogens is 3. The van der Waals surface area contributed by atoms with Crippen molar-refractivity contribution in [2.24, 2.45) is 5.10 Å². The lowest BCUT2D eigenvalue weighted by Crippen LogP contribution is -2.32. The molecule has 0 bridgehead atoms. The minimum atomic E-state index is -0.965. The van der Waals surface area contributed by atoms with Crippen LogP contribution in [0.4, 0.5) is 5.69 Å². The highest BCUT2D eigenvalue weighted by molar-refractivity contribution is 9.10. The molecule has 2 amide bonds. The van der Waals surface area contributed by atoms with Crippen molar-refractivity contribution in [1.29, 1.82) is 0 Å². The van der Waals surface area contributed by atoms with Crippen molar-refractivity contribution in [3.63, 3.8) is 0 Å². The first-order chi connectivity index (χ1) is 16.4. The van der Waals surface area contributed by atoms with Crippen LogP contribution in [0.5, 0.6) is 0 Å². The largest absolute Gasteiger partial charge is 0.329 e. The number of rotatable bonds is 5. The molecule has 4 rings (SSSR count). The summed E-state index contributed by atoms with van der Waals surface area (Å²) in [6, 6.07) is 21.9. The number of carbonyl (C=O) groups excluding carboxylic acids is 2. The van der Waals surface area contributed by atoms with Crippen LogP contribution in [0.3, 0.4) is 0 Å². The molecule has 7 nitrogen and oxygen atoms in total. The van der Waals surface area contributed by atoms with Gasteiger partial charge < -0.3 is 5.32 Å². The Bertz CT molecular complexity index is 1370. The van der Waals surface area contributed by atoms with Crippen LogP contribution in [0.1, 0.15) is 5.56 Å². The fourth-order valence-corrected chi connectivity index (χ4v) is 3.63. The van der Waals surface area contributed by atoms with Crippen LogP contribution in [0.15, 0.2) is 88.6 Å². The number of hydrazone groups is 1. The van der Waals surface area contributed by atoms with Crippen LogP contribution in [0.2, 0.25) is 10.0 Å². The van der Waals surface area contributed by atoms with Crippen LogP contribution < -0.4 is 10.7 Å². The second-order valence-electron chi connectivity index (χ2n) is 6.97. The molecule has 10 heteroatoms. The van der Waals surface area contributed by atoms with E-state index in [0.717, 1.165) is 15.7 Å². The van der Waals surface area contributed by atoms with Crippen LogP contribution >= 0.6 is 39.1 Å². The summed E-state index contributed by atoms with van der Waals surface area (Å²) >= 11 is 15.4. The second-order valence-corrected chi connectivity index (χ2v) is 8.68. The molecule has 1 heterocycles. The standard InChI is InChI=1S/C24H16BrCl2N5O2/c25-17-11-9-15(10-12-17)22-16(14-32(31-22)18-5-2-1-3-6-18)13-28-30-24(34)23(33)29-20-8-4-7-19(26)21(20)27/h1-14H,(H,29,33)(H,30,34)/b28-13+. The van der Waals surface area contributed by atoms with Gasteiger partial charge in [-0.3, -0.25) is 9.59 Å². The number of para-hydroxylation sites is 1. The number of hydrogen-bond donors (Lipinski definition) is 2. The maximum Gasteiger partial charge on any atom is 0.329 e. The lowest BCUT2D eigenvalue weighted by atomic mass is 10.1. The van der Waals surface area contributed by atoms with E-state index in [2.05, 4.69) is 36.9 Å². The molecule has 0 saturated heterocycles. The zero-order chi connectivity index (χ0) is 24.1. The summed E-state index contributed by atoms with van der Waals surface area (Å²) < 4.78 is 2.65. The average Bonchev–Trinajstić information content (AvgIpc) is 3.27. The number of benzene rings is 3. The van der Waals surface area contributed by atoms with Gasteiger partial charge in [-0.25, -0.2) is 10.1 Å². The first-order valence-corrected chi connectivity index (χ1v) is 11.5. The van der Waals surface area contributed by atoms with Gasteiger partial charge in [-0.05, 0) is 36.4 Å². The van der Waals surface area contributed by atoms with E-state index in [0.29, 0.717) is 11.3 Å². The molecule has 170 valence electrons. The van der Waals surface area contributed by atoms with Gasteiger partial charge in [-0.15, -0.1) is 0 Å². The molecular weight excluding hydrogens is 541 g/mol. The van der Waals surface area contributed by atoms with Crippen molar-refractivity contribution in [3.05, 3.63) is 99.1 Å². The lowest BCUT2D eigenvalue weighted by Gasteiger charge is -2.06. The van der Waals surface area contributed by atoms with Crippen molar-refractivity contribution in [2.75, 3.05) is 5.32 Å². The smallest absolute Gasteiger partial charge is 0.316 e. The lowest BCUT2D eigenvalue weighted by molar-refractivity contribution is -0.136. The number of amides is 2. The molecule has 0 atom stereocenters. The molecule has 4 aromatic rings. The molecule has 0 aliphatic rings. The Labute approximate surface area is 213 Å². The van der Waals surface area contributed by atoms with Gasteiger partial charge >= 0.3 is 11.8 Å². The highest BCUT2D eigenvalue weighted by atomic mass is 79.9. The molecule has 0 spiro atoms. The maximum absolute atomic E-state index is 12.2. The number of anilines is 1. The molecule has 0 aliphatic carbocycles. The van der Waals surface area contributed by atoms with E-state index < -0.39 is 11.8 Å². The molecular formula is C24H16BrCl2N5O2. The first-order valence-electron chi connectivity index (χ1n) is 9.92. The van der Waals surface area contributed by atoms with Gasteiger partial charge in [0.05, 0.1) is 27.6 Å². The third-order valence-electron chi connectivity index (χ3n) is 4.66. The molecule has 0 unspecified atom stereocenters. The summed E-state index contributed by atoms with van der Waals surface area (Å²) in [5.74, 6) is -1.90. The zero-order valence-corrected chi connectivity index (χ0v) is 20.5. The first kappa shape index (κ1) is 23.7. The number of hydrogen-bond acceptors (Lipinski definition) is 4. The average molecular weight is 557 g/mol. The zero-order valence-electron chi connectivity index (χ0n) is 17.4. The number of nitrogens with zero attached hydrogens (tertiary/aromatic N) is 3. The van der Waals surface area contributed by atoms with Gasteiger partial charge in [0.1, 0.15) is 5.69 Å². The SMILES string of the molecule is O=C(N/N=C/c1cn(-c2ccccc2)nc1-c1ccc(Br)cc1)C(=O)Nc1cccc(Cl)c1Cl. The van der Waals surface area contributed by atoms with E-state index in [1.54, 1.807) is 23.0 Å². The van der Waals surface area contributed by atoms with Gasteiger partial charge in [0.2, 0.25) is 0 Å². The van der Waals surface area contributed by atoms with E-state index >= 15 is 0 Å². The monoisotopic (exact) mass is 555 g/mol. The Morgan fingerprint density at radius 1 is 0.941 bits per heavy atom. The van der Waals surface area contributed by atoms with E-state index in [-0.39, 0.29) is 15.7 Å². The summed E-state index contributed by atoms with van der Waals surface area (Å²) in [5.41, 5.74) is 5.47. The van der Waals surface area contributed by atoms with E-state index in [1.807, 2.05) is 54.6 Å². The molecule has 0 saturated carbocycles. The van der Waals surface area contributed by atoms with Crippen LogP contribution in [-0.4, -0.2) is 27.8 Å². The summed E-state index contributed by atoms with van der Waals surface area (Å²) in [7, 11) is 0. The van der Waals surface area contributed by atoms with Crippen molar-refractivity contribution in [3.8, 4) is 16.9 Å². The van der Waals surface area contributed by atoms with Gasteiger partial charge in [0.25, 0.3) is 0 Å². The molecule has 3 aromatic carbocycles. The Balaban J connectivity index is 1.54. The predicted molar refractivity (Wildman–Crippen MR) is 138 cm³/mol. The molecule has 1 aromatic heterocycles. The van der Waals surface area contributed by atoms with Crippen LogP contribution in [0, 0.1) is 0 Å². The maximum atomic E-state index is 12.2. The predicted octanol–water partition coefficient (Wildman–Crippen LogP) is 5.70. The van der Waals surface area contributed by atoms with Gasteiger partial charge in [-0.1, -0.05) is 75.5 Å². The molecule has 0 aliphatic heterocycles. The highest BCUT2D eigenvalue weighted by Crippen LogP contribution is 2.29. The summed E-state index contributed by atoms with van der Waals surface area (Å²) in [4.78, 5) is 24.4.